The van der Waals surface area contributed by atoms with E-state index in [0.29, 0.717) is 5.69 Å². The molecule has 0 fully saturated rings. The maximum absolute atomic E-state index is 12.4. The molecule has 1 aliphatic rings. The molecule has 1 aromatic carbocycles. The van der Waals surface area contributed by atoms with Crippen LogP contribution in [-0.2, 0) is 23.0 Å². The van der Waals surface area contributed by atoms with Gasteiger partial charge in [0.25, 0.3) is 10.0 Å². The van der Waals surface area contributed by atoms with E-state index in [-0.39, 0.29) is 10.6 Å². The molecule has 0 unspecified atom stereocenters. The molecule has 0 saturated carbocycles. The van der Waals surface area contributed by atoms with Gasteiger partial charge in [-0.15, -0.1) is 0 Å². The number of alkyl halides is 2. The predicted octanol–water partition coefficient (Wildman–Crippen LogP) is 2.62. The number of hydrogen-bond acceptors (Lipinski definition) is 4. The summed E-state index contributed by atoms with van der Waals surface area (Å²) in [6, 6.07) is 4.99. The first kappa shape index (κ1) is 15.7. The Bertz CT molecular complexity index is 805. The van der Waals surface area contributed by atoms with Gasteiger partial charge in [0.1, 0.15) is 5.75 Å². The smallest absolute Gasteiger partial charge is 0.387 e. The third kappa shape index (κ3) is 3.44. The molecule has 124 valence electrons. The molecule has 0 saturated heterocycles. The van der Waals surface area contributed by atoms with E-state index < -0.39 is 16.6 Å². The number of nitrogens with one attached hydrogen (secondary N) is 1. The van der Waals surface area contributed by atoms with E-state index in [1.54, 1.807) is 4.68 Å². The fraction of sp³-hybridized carbons (Fsp3) is 0.357. The lowest BCUT2D eigenvalue weighted by Crippen LogP contribution is -2.16. The number of aryl methyl sites for hydroxylation is 1. The number of sulfonamides is 1. The highest BCUT2D eigenvalue weighted by atomic mass is 32.2. The summed E-state index contributed by atoms with van der Waals surface area (Å²) in [5, 5.41) is 4.16. The molecule has 0 bridgehead atoms. The second kappa shape index (κ2) is 6.15. The van der Waals surface area contributed by atoms with Crippen LogP contribution in [0.2, 0.25) is 0 Å². The Balaban J connectivity index is 1.86. The number of hydrogen-bond donors (Lipinski definition) is 1. The molecule has 0 radical (unpaired) electrons. The van der Waals surface area contributed by atoms with Crippen LogP contribution in [-0.4, -0.2) is 24.8 Å². The largest absolute Gasteiger partial charge is 0.435 e. The maximum Gasteiger partial charge on any atom is 0.387 e. The van der Waals surface area contributed by atoms with Crippen LogP contribution in [0.3, 0.4) is 0 Å². The molecule has 6 nitrogen and oxygen atoms in total. The van der Waals surface area contributed by atoms with E-state index in [2.05, 4.69) is 14.6 Å². The van der Waals surface area contributed by atoms with Gasteiger partial charge < -0.3 is 4.74 Å². The summed E-state index contributed by atoms with van der Waals surface area (Å²) >= 11 is 0. The van der Waals surface area contributed by atoms with Gasteiger partial charge in [-0.1, -0.05) is 6.07 Å². The number of aromatic nitrogens is 2. The molecular weight excluding hydrogens is 328 g/mol. The van der Waals surface area contributed by atoms with Crippen LogP contribution >= 0.6 is 0 Å². The van der Waals surface area contributed by atoms with Crippen molar-refractivity contribution in [1.29, 1.82) is 0 Å². The molecule has 0 amide bonds. The van der Waals surface area contributed by atoms with Gasteiger partial charge >= 0.3 is 6.61 Å². The van der Waals surface area contributed by atoms with Crippen LogP contribution < -0.4 is 9.46 Å². The highest BCUT2D eigenvalue weighted by molar-refractivity contribution is 7.92. The minimum atomic E-state index is -3.90. The van der Waals surface area contributed by atoms with Crippen LogP contribution in [0.4, 0.5) is 14.5 Å². The van der Waals surface area contributed by atoms with Crippen LogP contribution in [0.5, 0.6) is 5.75 Å². The molecule has 0 spiro atoms. The molecule has 23 heavy (non-hydrogen) atoms. The van der Waals surface area contributed by atoms with Gasteiger partial charge in [-0.25, -0.2) is 8.42 Å². The van der Waals surface area contributed by atoms with Gasteiger partial charge in [0.05, 0.1) is 22.5 Å². The van der Waals surface area contributed by atoms with E-state index >= 15 is 0 Å². The minimum Gasteiger partial charge on any atom is -0.435 e. The van der Waals surface area contributed by atoms with Gasteiger partial charge in [0, 0.05) is 12.6 Å². The van der Waals surface area contributed by atoms with Crippen LogP contribution in [0.25, 0.3) is 0 Å². The Labute approximate surface area is 132 Å². The van der Waals surface area contributed by atoms with Crippen molar-refractivity contribution in [3.05, 3.63) is 36.2 Å². The highest BCUT2D eigenvalue weighted by Crippen LogP contribution is 2.26. The number of fused-ring (bicyclic) bond motifs is 1. The molecule has 3 rings (SSSR count). The molecule has 2 aromatic rings. The fourth-order valence-corrected chi connectivity index (χ4v) is 3.63. The molecule has 9 heteroatoms. The van der Waals surface area contributed by atoms with Gasteiger partial charge in [-0.3, -0.25) is 9.40 Å². The molecule has 0 aliphatic carbocycles. The van der Waals surface area contributed by atoms with Crippen LogP contribution in [0, 0.1) is 0 Å². The van der Waals surface area contributed by atoms with Crippen molar-refractivity contribution >= 4 is 15.7 Å². The van der Waals surface area contributed by atoms with Crippen molar-refractivity contribution in [3.63, 3.8) is 0 Å². The lowest BCUT2D eigenvalue weighted by atomic mass is 10.1. The van der Waals surface area contributed by atoms with E-state index in [0.717, 1.165) is 37.6 Å². The molecule has 1 aromatic heterocycles. The first-order valence-electron chi connectivity index (χ1n) is 7.08. The average molecular weight is 343 g/mol. The van der Waals surface area contributed by atoms with Gasteiger partial charge in [-0.2, -0.15) is 13.9 Å². The standard InChI is InChI=1S/C14H15F2N3O3S/c15-14(16)22-10-4-3-5-11(8-10)23(20,21)18-12-9-17-19-7-2-1-6-13(12)19/h3-5,8-9,14,18H,1-2,6-7H2. The molecular formula is C14H15F2N3O3S. The van der Waals surface area contributed by atoms with E-state index in [9.17, 15) is 17.2 Å². The zero-order valence-corrected chi connectivity index (χ0v) is 12.9. The van der Waals surface area contributed by atoms with Crippen molar-refractivity contribution in [2.45, 2.75) is 37.3 Å². The number of anilines is 1. The molecule has 1 N–H and O–H groups in total. The van der Waals surface area contributed by atoms with Gasteiger partial charge in [0.15, 0.2) is 0 Å². The van der Waals surface area contributed by atoms with Crippen LogP contribution in [0.15, 0.2) is 35.4 Å². The highest BCUT2D eigenvalue weighted by Gasteiger charge is 2.21. The Morgan fingerprint density at radius 2 is 2.13 bits per heavy atom. The lowest BCUT2D eigenvalue weighted by Gasteiger charge is -2.15. The number of ether oxygens (including phenoxy) is 1. The van der Waals surface area contributed by atoms with E-state index in [1.807, 2.05) is 0 Å². The summed E-state index contributed by atoms with van der Waals surface area (Å²) in [6.07, 6.45) is 4.19. The zero-order chi connectivity index (χ0) is 16.4. The quantitative estimate of drug-likeness (QED) is 0.906. The second-order valence-electron chi connectivity index (χ2n) is 5.14. The van der Waals surface area contributed by atoms with Crippen molar-refractivity contribution in [1.82, 2.24) is 9.78 Å². The van der Waals surface area contributed by atoms with Crippen molar-refractivity contribution in [2.75, 3.05) is 4.72 Å². The van der Waals surface area contributed by atoms with Crippen LogP contribution in [0.1, 0.15) is 18.5 Å². The normalized spacial score (nSPS) is 14.6. The predicted molar refractivity (Wildman–Crippen MR) is 79.0 cm³/mol. The van der Waals surface area contributed by atoms with Crippen molar-refractivity contribution < 1.29 is 21.9 Å². The number of benzene rings is 1. The Morgan fingerprint density at radius 3 is 2.91 bits per heavy atom. The number of nitrogens with zero attached hydrogens (tertiary/aromatic N) is 2. The molecule has 1 aliphatic heterocycles. The Hall–Kier alpha value is -2.16. The average Bonchev–Trinajstić information content (AvgIpc) is 2.90. The van der Waals surface area contributed by atoms with Crippen molar-refractivity contribution in [2.24, 2.45) is 0 Å². The monoisotopic (exact) mass is 343 g/mol. The molecule has 0 atom stereocenters. The van der Waals surface area contributed by atoms with Gasteiger partial charge in [-0.05, 0) is 31.4 Å². The third-order valence-electron chi connectivity index (χ3n) is 3.57. The number of rotatable bonds is 5. The summed E-state index contributed by atoms with van der Waals surface area (Å²) in [5.41, 5.74) is 1.25. The summed E-state index contributed by atoms with van der Waals surface area (Å²) in [6.45, 7) is -2.25. The SMILES string of the molecule is O=S(=O)(Nc1cnn2c1CCCC2)c1cccc(OC(F)F)c1. The minimum absolute atomic E-state index is 0.147. The second-order valence-corrected chi connectivity index (χ2v) is 6.83. The van der Waals surface area contributed by atoms with Crippen molar-refractivity contribution in [3.8, 4) is 5.75 Å². The number of halogens is 2. The summed E-state index contributed by atoms with van der Waals surface area (Å²) in [7, 11) is -3.90. The summed E-state index contributed by atoms with van der Waals surface area (Å²) in [5.74, 6) is -0.208. The molecule has 2 heterocycles. The Kier molecular flexibility index (Phi) is 4.20. The first-order valence-corrected chi connectivity index (χ1v) is 8.56. The summed E-state index contributed by atoms with van der Waals surface area (Å²) in [4.78, 5) is -0.147. The first-order chi connectivity index (χ1) is 11.0. The topological polar surface area (TPSA) is 73.2 Å². The van der Waals surface area contributed by atoms with E-state index in [1.165, 1.54) is 24.4 Å². The Morgan fingerprint density at radius 1 is 1.30 bits per heavy atom. The fourth-order valence-electron chi connectivity index (χ4n) is 2.53. The maximum atomic E-state index is 12.4. The van der Waals surface area contributed by atoms with Gasteiger partial charge in [0.2, 0.25) is 0 Å². The zero-order valence-electron chi connectivity index (χ0n) is 12.1. The third-order valence-corrected chi connectivity index (χ3v) is 4.93. The van der Waals surface area contributed by atoms with E-state index in [4.69, 9.17) is 0 Å². The summed E-state index contributed by atoms with van der Waals surface area (Å²) < 4.78 is 57.8. The lowest BCUT2D eigenvalue weighted by molar-refractivity contribution is -0.0499.